The summed E-state index contributed by atoms with van der Waals surface area (Å²) in [5.41, 5.74) is 0.451. The van der Waals surface area contributed by atoms with E-state index in [-0.39, 0.29) is 23.4 Å². The molecular formula is C24H36O3. The second kappa shape index (κ2) is 6.74. The maximum absolute atomic E-state index is 12.6. The summed E-state index contributed by atoms with van der Waals surface area (Å²) in [7, 11) is 0. The summed E-state index contributed by atoms with van der Waals surface area (Å²) in [6, 6.07) is 0. The molecule has 4 saturated carbocycles. The number of hydrogen-bond acceptors (Lipinski definition) is 3. The van der Waals surface area contributed by atoms with Gasteiger partial charge in [-0.25, -0.2) is 0 Å². The highest BCUT2D eigenvalue weighted by Gasteiger charge is 2.61. The van der Waals surface area contributed by atoms with Crippen molar-refractivity contribution in [2.24, 2.45) is 40.4 Å². The van der Waals surface area contributed by atoms with Crippen LogP contribution in [0.4, 0.5) is 0 Å². The van der Waals surface area contributed by atoms with Gasteiger partial charge < -0.3 is 4.74 Å². The van der Waals surface area contributed by atoms with Crippen molar-refractivity contribution >= 4 is 11.8 Å². The van der Waals surface area contributed by atoms with Gasteiger partial charge in [0.25, 0.3) is 0 Å². The number of Topliss-reactive ketones (excluding diaryl/α,β-unsaturated/α-hetero) is 1. The number of esters is 1. The fraction of sp³-hybridized carbons (Fsp3) is 0.833. The Morgan fingerprint density at radius 3 is 2.59 bits per heavy atom. The summed E-state index contributed by atoms with van der Waals surface area (Å²) in [6.07, 6.45) is 11.8. The molecule has 3 nitrogen and oxygen atoms in total. The zero-order valence-electron chi connectivity index (χ0n) is 17.3. The Morgan fingerprint density at radius 2 is 1.89 bits per heavy atom. The first-order valence-electron chi connectivity index (χ1n) is 11.1. The lowest BCUT2D eigenvalue weighted by Crippen LogP contribution is -2.55. The van der Waals surface area contributed by atoms with E-state index in [1.54, 1.807) is 6.92 Å². The van der Waals surface area contributed by atoms with Crippen molar-refractivity contribution in [1.82, 2.24) is 0 Å². The van der Waals surface area contributed by atoms with Crippen molar-refractivity contribution in [1.29, 1.82) is 0 Å². The second-order valence-electron chi connectivity index (χ2n) is 10.5. The van der Waals surface area contributed by atoms with Crippen molar-refractivity contribution < 1.29 is 14.3 Å². The highest BCUT2D eigenvalue weighted by Crippen LogP contribution is 2.66. The van der Waals surface area contributed by atoms with Gasteiger partial charge >= 0.3 is 5.97 Å². The van der Waals surface area contributed by atoms with E-state index in [9.17, 15) is 9.59 Å². The highest BCUT2D eigenvalue weighted by molar-refractivity contribution is 5.82. The molecule has 0 amide bonds. The molecule has 4 fully saturated rings. The molecule has 0 aromatic carbocycles. The summed E-state index contributed by atoms with van der Waals surface area (Å²) >= 11 is 0. The number of fused-ring (bicyclic) bond motifs is 5. The van der Waals surface area contributed by atoms with Crippen LogP contribution in [0.3, 0.4) is 0 Å². The minimum atomic E-state index is -0.127. The molecule has 0 radical (unpaired) electrons. The molecular weight excluding hydrogens is 336 g/mol. The van der Waals surface area contributed by atoms with Crippen molar-refractivity contribution in [2.75, 3.05) is 0 Å². The number of carbonyl (C=O) groups excluding carboxylic acids is 2. The quantitative estimate of drug-likeness (QED) is 0.496. The molecule has 0 aromatic rings. The summed E-state index contributed by atoms with van der Waals surface area (Å²) in [5, 5.41) is 0. The molecule has 0 bridgehead atoms. The minimum Gasteiger partial charge on any atom is -0.462 e. The van der Waals surface area contributed by atoms with Gasteiger partial charge in [-0.2, -0.15) is 0 Å². The van der Waals surface area contributed by atoms with Gasteiger partial charge in [0.1, 0.15) is 11.9 Å². The zero-order chi connectivity index (χ0) is 19.4. The van der Waals surface area contributed by atoms with Crippen molar-refractivity contribution in [3.8, 4) is 0 Å². The molecule has 0 N–H and O–H groups in total. The van der Waals surface area contributed by atoms with Crippen LogP contribution in [-0.4, -0.2) is 17.9 Å². The largest absolute Gasteiger partial charge is 0.462 e. The summed E-state index contributed by atoms with van der Waals surface area (Å²) in [5.74, 6) is 3.25. The molecule has 4 aliphatic carbocycles. The molecule has 3 heteroatoms. The van der Waals surface area contributed by atoms with Crippen LogP contribution in [0.1, 0.15) is 78.6 Å². The van der Waals surface area contributed by atoms with Crippen LogP contribution >= 0.6 is 0 Å². The number of hydrogen-bond donors (Lipinski definition) is 0. The van der Waals surface area contributed by atoms with E-state index in [0.717, 1.165) is 37.5 Å². The summed E-state index contributed by atoms with van der Waals surface area (Å²) < 4.78 is 5.76. The Morgan fingerprint density at radius 1 is 1.15 bits per heavy atom. The predicted octanol–water partition coefficient (Wildman–Crippen LogP) is 5.33. The van der Waals surface area contributed by atoms with Crippen LogP contribution in [0, 0.1) is 40.4 Å². The Kier molecular flexibility index (Phi) is 4.79. The van der Waals surface area contributed by atoms with Gasteiger partial charge in [0.05, 0.1) is 0 Å². The Labute approximate surface area is 164 Å². The Balaban J connectivity index is 1.58. The van der Waals surface area contributed by atoms with Crippen molar-refractivity contribution in [3.63, 3.8) is 0 Å². The van der Waals surface area contributed by atoms with E-state index in [2.05, 4.69) is 20.4 Å². The molecule has 27 heavy (non-hydrogen) atoms. The molecule has 0 aliphatic heterocycles. The topological polar surface area (TPSA) is 43.4 Å². The molecule has 4 aliphatic rings. The smallest absolute Gasteiger partial charge is 0.302 e. The molecule has 150 valence electrons. The van der Waals surface area contributed by atoms with Gasteiger partial charge in [-0.3, -0.25) is 9.59 Å². The van der Waals surface area contributed by atoms with Gasteiger partial charge in [0.2, 0.25) is 0 Å². The van der Waals surface area contributed by atoms with Gasteiger partial charge in [-0.15, -0.1) is 6.58 Å². The maximum Gasteiger partial charge on any atom is 0.302 e. The standard InChI is InChI=1S/C24H36O3/c1-5-6-16-14-24(4)17(13-21(16)26)7-8-18-19-9-10-22(27-15(2)25)23(19,3)12-11-20(18)24/h5,16-20,22H,1,6-14H2,2-4H3. The minimum absolute atomic E-state index is 0.105. The molecule has 0 aromatic heterocycles. The number of ether oxygens (including phenoxy) is 1. The first-order chi connectivity index (χ1) is 12.8. The lowest BCUT2D eigenvalue weighted by atomic mass is 9.44. The third kappa shape index (κ3) is 2.91. The van der Waals surface area contributed by atoms with Crippen LogP contribution in [0.15, 0.2) is 12.7 Å². The van der Waals surface area contributed by atoms with Crippen LogP contribution in [0.2, 0.25) is 0 Å². The van der Waals surface area contributed by atoms with E-state index < -0.39 is 0 Å². The van der Waals surface area contributed by atoms with Crippen molar-refractivity contribution in [3.05, 3.63) is 12.7 Å². The van der Waals surface area contributed by atoms with Crippen molar-refractivity contribution in [2.45, 2.75) is 84.7 Å². The van der Waals surface area contributed by atoms with Crippen LogP contribution in [0.25, 0.3) is 0 Å². The number of carbonyl (C=O) groups is 2. The lowest BCUT2D eigenvalue weighted by molar-refractivity contribution is -0.164. The Bertz CT molecular complexity index is 640. The van der Waals surface area contributed by atoms with E-state index >= 15 is 0 Å². The maximum atomic E-state index is 12.6. The van der Waals surface area contributed by atoms with E-state index in [1.165, 1.54) is 32.1 Å². The number of ketones is 1. The summed E-state index contributed by atoms with van der Waals surface area (Å²) in [4.78, 5) is 24.2. The monoisotopic (exact) mass is 372 g/mol. The normalized spacial score (nSPS) is 48.9. The fourth-order valence-electron chi connectivity index (χ4n) is 8.00. The Hall–Kier alpha value is -1.12. The first kappa shape index (κ1) is 19.2. The highest BCUT2D eigenvalue weighted by atomic mass is 16.5. The molecule has 8 unspecified atom stereocenters. The SMILES string of the molecule is C=CCC1CC2(C)C(CCC3C2CCC2(C)C(OC(C)=O)CCC32)CC1=O. The second-order valence-corrected chi connectivity index (χ2v) is 10.5. The van der Waals surface area contributed by atoms with Gasteiger partial charge in [0.15, 0.2) is 0 Å². The molecule has 0 spiro atoms. The lowest BCUT2D eigenvalue weighted by Gasteiger charge is -2.60. The van der Waals surface area contributed by atoms with Crippen LogP contribution in [-0.2, 0) is 14.3 Å². The average molecular weight is 373 g/mol. The fourth-order valence-corrected chi connectivity index (χ4v) is 8.00. The third-order valence-corrected chi connectivity index (χ3v) is 9.33. The van der Waals surface area contributed by atoms with Gasteiger partial charge in [0, 0.05) is 24.7 Å². The molecule has 8 atom stereocenters. The van der Waals surface area contributed by atoms with Gasteiger partial charge in [-0.1, -0.05) is 19.9 Å². The van der Waals surface area contributed by atoms with Gasteiger partial charge in [-0.05, 0) is 80.5 Å². The predicted molar refractivity (Wildman–Crippen MR) is 106 cm³/mol. The average Bonchev–Trinajstić information content (AvgIpc) is 2.92. The third-order valence-electron chi connectivity index (χ3n) is 9.33. The first-order valence-corrected chi connectivity index (χ1v) is 11.1. The van der Waals surface area contributed by atoms with E-state index in [0.29, 0.717) is 23.0 Å². The number of rotatable bonds is 3. The van der Waals surface area contributed by atoms with E-state index in [4.69, 9.17) is 4.74 Å². The molecule has 4 rings (SSSR count). The van der Waals surface area contributed by atoms with Crippen LogP contribution < -0.4 is 0 Å². The molecule has 0 heterocycles. The summed E-state index contributed by atoms with van der Waals surface area (Å²) in [6.45, 7) is 10.3. The van der Waals surface area contributed by atoms with E-state index in [1.807, 2.05) is 6.08 Å². The molecule has 0 saturated heterocycles. The zero-order valence-corrected chi connectivity index (χ0v) is 17.3. The number of allylic oxidation sites excluding steroid dienone is 1. The van der Waals surface area contributed by atoms with Crippen LogP contribution in [0.5, 0.6) is 0 Å².